The molecule has 0 saturated carbocycles. The summed E-state index contributed by atoms with van der Waals surface area (Å²) in [5, 5.41) is 9.07. The van der Waals surface area contributed by atoms with E-state index >= 15 is 0 Å². The normalized spacial score (nSPS) is 17.0. The van der Waals surface area contributed by atoms with Crippen LogP contribution in [0.15, 0.2) is 29.0 Å². The largest absolute Gasteiger partial charge is 0.445 e. The lowest BCUT2D eigenvalue weighted by molar-refractivity contribution is 0.191. The molecule has 0 saturated heterocycles. The van der Waals surface area contributed by atoms with Gasteiger partial charge in [0.25, 0.3) is 0 Å². The van der Waals surface area contributed by atoms with Crippen molar-refractivity contribution in [1.29, 1.82) is 0 Å². The maximum absolute atomic E-state index is 5.59. The van der Waals surface area contributed by atoms with Gasteiger partial charge >= 0.3 is 0 Å². The van der Waals surface area contributed by atoms with Crippen molar-refractivity contribution < 1.29 is 4.42 Å². The Balaban J connectivity index is 1.78. The number of hydrogen-bond donors (Lipinski definition) is 1. The zero-order chi connectivity index (χ0) is 16.5. The predicted molar refractivity (Wildman–Crippen MR) is 94.9 cm³/mol. The summed E-state index contributed by atoms with van der Waals surface area (Å²) in [7, 11) is 0. The lowest BCUT2D eigenvalue weighted by Gasteiger charge is -2.34. The third-order valence-electron chi connectivity index (χ3n) is 4.98. The molecule has 1 N–H and O–H groups in total. The second-order valence-corrected chi connectivity index (χ2v) is 6.62. The third kappa shape index (κ3) is 2.53. The van der Waals surface area contributed by atoms with E-state index in [0.717, 1.165) is 37.0 Å². The van der Waals surface area contributed by atoms with Crippen molar-refractivity contribution >= 4 is 10.9 Å². The van der Waals surface area contributed by atoms with Crippen LogP contribution >= 0.6 is 0 Å². The minimum Gasteiger partial charge on any atom is -0.445 e. The van der Waals surface area contributed by atoms with E-state index < -0.39 is 0 Å². The van der Waals surface area contributed by atoms with Crippen molar-refractivity contribution in [3.05, 3.63) is 35.9 Å². The highest BCUT2D eigenvalue weighted by Crippen LogP contribution is 2.36. The Kier molecular flexibility index (Phi) is 4.10. The van der Waals surface area contributed by atoms with E-state index in [9.17, 15) is 0 Å². The molecule has 1 unspecified atom stereocenters. The molecule has 3 aromatic rings. The molecule has 2 heterocycles. The monoisotopic (exact) mass is 324 g/mol. The zero-order valence-electron chi connectivity index (χ0n) is 14.4. The van der Waals surface area contributed by atoms with Gasteiger partial charge in [-0.1, -0.05) is 13.8 Å². The van der Waals surface area contributed by atoms with E-state index in [4.69, 9.17) is 4.42 Å². The summed E-state index contributed by atoms with van der Waals surface area (Å²) >= 11 is 0. The average molecular weight is 324 g/mol. The molecule has 1 aliphatic carbocycles. The SMILES string of the molecule is CCCN(CCC)C1Cc2n[nH]c3ccc(-c4ncco4)c(c23)C1. The molecule has 5 heteroatoms. The van der Waals surface area contributed by atoms with Crippen molar-refractivity contribution in [1.82, 2.24) is 20.1 Å². The van der Waals surface area contributed by atoms with E-state index in [0.29, 0.717) is 11.9 Å². The van der Waals surface area contributed by atoms with Crippen LogP contribution in [0.4, 0.5) is 0 Å². The van der Waals surface area contributed by atoms with Gasteiger partial charge < -0.3 is 4.42 Å². The quantitative estimate of drug-likeness (QED) is 0.749. The zero-order valence-corrected chi connectivity index (χ0v) is 14.4. The van der Waals surface area contributed by atoms with Crippen molar-refractivity contribution in [2.24, 2.45) is 0 Å². The second kappa shape index (κ2) is 6.40. The number of benzene rings is 1. The Morgan fingerprint density at radius 3 is 2.75 bits per heavy atom. The van der Waals surface area contributed by atoms with Crippen LogP contribution in [0.25, 0.3) is 22.4 Å². The maximum Gasteiger partial charge on any atom is 0.226 e. The number of H-pyrrole nitrogens is 1. The van der Waals surface area contributed by atoms with E-state index in [1.807, 2.05) is 0 Å². The van der Waals surface area contributed by atoms with Crippen molar-refractivity contribution in [2.75, 3.05) is 13.1 Å². The molecule has 1 atom stereocenters. The highest BCUT2D eigenvalue weighted by Gasteiger charge is 2.29. The first-order valence-corrected chi connectivity index (χ1v) is 8.94. The van der Waals surface area contributed by atoms with Gasteiger partial charge in [0.2, 0.25) is 5.89 Å². The summed E-state index contributed by atoms with van der Waals surface area (Å²) in [5.74, 6) is 0.706. The Hall–Kier alpha value is -2.14. The lowest BCUT2D eigenvalue weighted by atomic mass is 9.86. The standard InChI is InChI=1S/C19H24N4O/c1-3-8-23(9-4-2)13-11-15-14(19-20-7-10-24-19)5-6-16-18(15)17(12-13)22-21-16/h5-7,10,13H,3-4,8-9,11-12H2,1-2H3,(H,21,22). The van der Waals surface area contributed by atoms with E-state index in [1.54, 1.807) is 12.5 Å². The third-order valence-corrected chi connectivity index (χ3v) is 4.98. The Morgan fingerprint density at radius 2 is 2.04 bits per heavy atom. The fourth-order valence-electron chi connectivity index (χ4n) is 4.01. The first kappa shape index (κ1) is 15.4. The minimum absolute atomic E-state index is 0.500. The van der Waals surface area contributed by atoms with Crippen LogP contribution in [0, 0.1) is 0 Å². The van der Waals surface area contributed by atoms with E-state index in [1.165, 1.54) is 29.5 Å². The molecule has 0 fully saturated rings. The molecule has 0 radical (unpaired) electrons. The molecule has 0 spiro atoms. The number of oxazole rings is 1. The van der Waals surface area contributed by atoms with Crippen LogP contribution in [0.3, 0.4) is 0 Å². The molecule has 4 rings (SSSR count). The van der Waals surface area contributed by atoms with Gasteiger partial charge in [-0.25, -0.2) is 4.98 Å². The van der Waals surface area contributed by atoms with Gasteiger partial charge in [-0.15, -0.1) is 0 Å². The van der Waals surface area contributed by atoms with Gasteiger partial charge in [-0.2, -0.15) is 5.10 Å². The van der Waals surface area contributed by atoms with Gasteiger partial charge in [-0.3, -0.25) is 10.00 Å². The number of aromatic nitrogens is 3. The van der Waals surface area contributed by atoms with Crippen molar-refractivity contribution in [3.63, 3.8) is 0 Å². The number of rotatable bonds is 6. The predicted octanol–water partition coefficient (Wildman–Crippen LogP) is 3.81. The molecule has 0 bridgehead atoms. The molecule has 24 heavy (non-hydrogen) atoms. The molecule has 0 amide bonds. The molecule has 5 nitrogen and oxygen atoms in total. The molecule has 126 valence electrons. The van der Waals surface area contributed by atoms with Crippen LogP contribution < -0.4 is 0 Å². The molecule has 0 aliphatic heterocycles. The highest BCUT2D eigenvalue weighted by molar-refractivity contribution is 5.91. The van der Waals surface area contributed by atoms with Gasteiger partial charge in [0.1, 0.15) is 6.26 Å². The summed E-state index contributed by atoms with van der Waals surface area (Å²) in [6.07, 6.45) is 7.76. The Bertz CT molecular complexity index is 815. The molecule has 1 aromatic carbocycles. The Labute approximate surface area is 142 Å². The van der Waals surface area contributed by atoms with Gasteiger partial charge in [-0.05, 0) is 50.0 Å². The topological polar surface area (TPSA) is 58.0 Å². The number of nitrogens with zero attached hydrogens (tertiary/aromatic N) is 3. The van der Waals surface area contributed by atoms with E-state index in [-0.39, 0.29) is 0 Å². The first-order valence-electron chi connectivity index (χ1n) is 8.94. The van der Waals surface area contributed by atoms with Crippen LogP contribution in [-0.2, 0) is 12.8 Å². The fourth-order valence-corrected chi connectivity index (χ4v) is 4.01. The number of nitrogens with one attached hydrogen (secondary N) is 1. The molecule has 1 aliphatic rings. The number of aromatic amines is 1. The second-order valence-electron chi connectivity index (χ2n) is 6.62. The summed E-state index contributed by atoms with van der Waals surface area (Å²) < 4.78 is 5.59. The lowest BCUT2D eigenvalue weighted by Crippen LogP contribution is -2.41. The van der Waals surface area contributed by atoms with Gasteiger partial charge in [0, 0.05) is 23.4 Å². The Morgan fingerprint density at radius 1 is 1.21 bits per heavy atom. The molecular formula is C19H24N4O. The summed E-state index contributed by atoms with van der Waals surface area (Å²) in [6, 6.07) is 4.70. The maximum atomic E-state index is 5.59. The first-order chi connectivity index (χ1) is 11.8. The smallest absolute Gasteiger partial charge is 0.226 e. The van der Waals surface area contributed by atoms with E-state index in [2.05, 4.69) is 46.1 Å². The number of hydrogen-bond acceptors (Lipinski definition) is 4. The van der Waals surface area contributed by atoms with Crippen molar-refractivity contribution in [3.8, 4) is 11.5 Å². The van der Waals surface area contributed by atoms with Crippen LogP contribution in [0.2, 0.25) is 0 Å². The summed E-state index contributed by atoms with van der Waals surface area (Å²) in [4.78, 5) is 6.99. The van der Waals surface area contributed by atoms with Crippen LogP contribution in [0.1, 0.15) is 37.9 Å². The van der Waals surface area contributed by atoms with Gasteiger partial charge in [0.15, 0.2) is 0 Å². The van der Waals surface area contributed by atoms with Crippen molar-refractivity contribution in [2.45, 2.75) is 45.6 Å². The summed E-state index contributed by atoms with van der Waals surface area (Å²) in [6.45, 7) is 6.79. The van der Waals surface area contributed by atoms with Crippen LogP contribution in [0.5, 0.6) is 0 Å². The summed E-state index contributed by atoms with van der Waals surface area (Å²) in [5.41, 5.74) is 4.73. The molecule has 2 aromatic heterocycles. The van der Waals surface area contributed by atoms with Crippen LogP contribution in [-0.4, -0.2) is 39.2 Å². The highest BCUT2D eigenvalue weighted by atomic mass is 16.3. The fraction of sp³-hybridized carbons (Fsp3) is 0.474. The van der Waals surface area contributed by atoms with Gasteiger partial charge in [0.05, 0.1) is 17.4 Å². The molecular weight excluding hydrogens is 300 g/mol. The minimum atomic E-state index is 0.500. The average Bonchev–Trinajstić information content (AvgIpc) is 3.26.